The molecule has 3 aliphatic heterocycles. The number of aromatic nitrogens is 2. The first kappa shape index (κ1) is 43.6. The zero-order valence-electron chi connectivity index (χ0n) is 32.9. The van der Waals surface area contributed by atoms with E-state index in [1.54, 1.807) is 12.1 Å². The van der Waals surface area contributed by atoms with Crippen LogP contribution in [0.15, 0.2) is 47.5 Å². The van der Waals surface area contributed by atoms with Crippen LogP contribution in [0.3, 0.4) is 0 Å². The van der Waals surface area contributed by atoms with Gasteiger partial charge in [0, 0.05) is 75.7 Å². The highest BCUT2D eigenvalue weighted by Gasteiger charge is 2.40. The third kappa shape index (κ3) is 10.1. The van der Waals surface area contributed by atoms with Crippen LogP contribution in [0.5, 0.6) is 0 Å². The van der Waals surface area contributed by atoms with Crippen molar-refractivity contribution in [2.75, 3.05) is 60.9 Å². The van der Waals surface area contributed by atoms with Crippen LogP contribution in [0.4, 0.5) is 49.5 Å². The van der Waals surface area contributed by atoms with Gasteiger partial charge in [-0.1, -0.05) is 6.07 Å². The number of nitrogens with one attached hydrogen (secondary N) is 3. The van der Waals surface area contributed by atoms with E-state index in [1.807, 2.05) is 4.90 Å². The minimum Gasteiger partial charge on any atom is -0.388 e. The first-order valence-corrected chi connectivity index (χ1v) is 21.6. The number of amides is 2. The van der Waals surface area contributed by atoms with Crippen molar-refractivity contribution in [3.05, 3.63) is 65.1 Å². The number of sulfonamides is 1. The van der Waals surface area contributed by atoms with Gasteiger partial charge in [-0.2, -0.15) is 18.2 Å². The summed E-state index contributed by atoms with van der Waals surface area (Å²) in [5.41, 5.74) is -2.41. The van der Waals surface area contributed by atoms with Gasteiger partial charge >= 0.3 is 6.18 Å². The van der Waals surface area contributed by atoms with Crippen molar-refractivity contribution in [3.8, 4) is 0 Å². The second kappa shape index (κ2) is 17.4. The Hall–Kier alpha value is -4.53. The first-order chi connectivity index (χ1) is 28.3. The maximum absolute atomic E-state index is 15.2. The number of hydrogen-bond acceptors (Lipinski definition) is 11. The molecule has 1 aromatic heterocycles. The van der Waals surface area contributed by atoms with Gasteiger partial charge < -0.3 is 20.2 Å². The van der Waals surface area contributed by atoms with E-state index in [4.69, 9.17) is 0 Å². The average molecular weight is 867 g/mol. The number of anilines is 4. The number of hydrogen-bond donors (Lipinski definition) is 4. The van der Waals surface area contributed by atoms with E-state index in [9.17, 15) is 45.1 Å². The van der Waals surface area contributed by atoms with Crippen molar-refractivity contribution in [2.45, 2.75) is 93.3 Å². The molecule has 4 fully saturated rings. The van der Waals surface area contributed by atoms with Crippen molar-refractivity contribution >= 4 is 45.0 Å². The Balaban J connectivity index is 0.922. The quantitative estimate of drug-likeness (QED) is 0.135. The number of alkyl halides is 5. The fourth-order valence-electron chi connectivity index (χ4n) is 8.69. The fourth-order valence-corrected chi connectivity index (χ4v) is 10.0. The third-order valence-corrected chi connectivity index (χ3v) is 13.4. The molecule has 4 heterocycles. The van der Waals surface area contributed by atoms with Crippen LogP contribution in [0.2, 0.25) is 0 Å². The van der Waals surface area contributed by atoms with Gasteiger partial charge in [-0.15, -0.1) is 0 Å². The molecule has 2 atom stereocenters. The zero-order valence-corrected chi connectivity index (χ0v) is 33.8. The molecule has 1 saturated carbocycles. The summed E-state index contributed by atoms with van der Waals surface area (Å²) >= 11 is 0. The second-order valence-electron chi connectivity index (χ2n) is 16.5. The van der Waals surface area contributed by atoms with Gasteiger partial charge in [-0.25, -0.2) is 31.3 Å². The highest BCUT2D eigenvalue weighted by Crippen LogP contribution is 2.39. The first-order valence-electron chi connectivity index (χ1n) is 20.1. The van der Waals surface area contributed by atoms with Crippen molar-refractivity contribution in [3.63, 3.8) is 0 Å². The lowest BCUT2D eigenvalue weighted by molar-refractivity contribution is -0.138. The molecule has 326 valence electrons. The average Bonchev–Trinajstić information content (AvgIpc) is 3.18. The number of imide groups is 1. The standard InChI is InChI=1S/C40H48F6N8O5S/c1-39(57)13-2-14-54(23-39)36-30(40(44,45)46)21-47-38(50-36)48-32-10-8-27(20-29(32)35(42)43)60(58,59)51-26-6-3-24(4-7-26)22-52-15-17-53(18-16-52)33-11-5-25(19-31(33)41)28-9-12-34(55)49-37(28)56/h5,8,10-11,19-21,24,26,28,35,51,57H,2-4,6-7,9,12-18,22-23H2,1H3,(H,47,48,50)(H,49,55,56)/t24?,26?,28?,39-/m0/s1. The number of piperazine rings is 1. The molecule has 1 unspecified atom stereocenters. The van der Waals surface area contributed by atoms with Crippen LogP contribution in [-0.2, 0) is 25.8 Å². The Labute approximate surface area is 344 Å². The van der Waals surface area contributed by atoms with Crippen LogP contribution < -0.4 is 25.2 Å². The van der Waals surface area contributed by atoms with Crippen molar-refractivity contribution < 1.29 is 49.5 Å². The van der Waals surface area contributed by atoms with Crippen molar-refractivity contribution in [1.82, 2.24) is 24.9 Å². The number of carbonyl (C=O) groups is 2. The van der Waals surface area contributed by atoms with E-state index < -0.39 is 79.7 Å². The molecule has 0 bridgehead atoms. The van der Waals surface area contributed by atoms with Crippen molar-refractivity contribution in [2.24, 2.45) is 5.92 Å². The number of carbonyl (C=O) groups excluding carboxylic acids is 2. The lowest BCUT2D eigenvalue weighted by Crippen LogP contribution is -2.48. The molecule has 4 N–H and O–H groups in total. The fraction of sp³-hybridized carbons (Fsp3) is 0.550. The predicted molar refractivity (Wildman–Crippen MR) is 210 cm³/mol. The maximum Gasteiger partial charge on any atom is 0.421 e. The summed E-state index contributed by atoms with van der Waals surface area (Å²) in [5, 5.41) is 15.4. The third-order valence-electron chi connectivity index (χ3n) is 11.9. The normalized spacial score (nSPS) is 24.8. The topological polar surface area (TPSA) is 160 Å². The van der Waals surface area contributed by atoms with Crippen molar-refractivity contribution in [1.29, 1.82) is 0 Å². The number of rotatable bonds is 11. The lowest BCUT2D eigenvalue weighted by Gasteiger charge is -2.39. The molecule has 1 aliphatic carbocycles. The highest BCUT2D eigenvalue weighted by molar-refractivity contribution is 7.89. The SMILES string of the molecule is C[C@]1(O)CCCN(c2nc(Nc3ccc(S(=O)(=O)NC4CCC(CN5CCN(c6ccc(C7CCC(=O)NC7=O)cc6F)CC5)CC4)cc3C(F)F)ncc2C(F)(F)F)C1. The molecule has 0 spiro atoms. The van der Waals surface area contributed by atoms with Crippen LogP contribution >= 0.6 is 0 Å². The summed E-state index contributed by atoms with van der Waals surface area (Å²) in [4.78, 5) is 36.6. The summed E-state index contributed by atoms with van der Waals surface area (Å²) in [6.45, 7) is 4.93. The Bertz CT molecular complexity index is 2180. The largest absolute Gasteiger partial charge is 0.421 e. The molecule has 3 saturated heterocycles. The molecule has 4 aliphatic rings. The van der Waals surface area contributed by atoms with Gasteiger partial charge in [-0.3, -0.25) is 19.8 Å². The minimum absolute atomic E-state index is 0.133. The summed E-state index contributed by atoms with van der Waals surface area (Å²) in [6, 6.07) is 7.44. The molecule has 3 aromatic rings. The molecule has 0 radical (unpaired) electrons. The van der Waals surface area contributed by atoms with Gasteiger partial charge in [0.2, 0.25) is 27.8 Å². The molecular formula is C40H48F6N8O5S. The summed E-state index contributed by atoms with van der Waals surface area (Å²) in [6.07, 6.45) is -3.56. The van der Waals surface area contributed by atoms with Crippen LogP contribution in [0, 0.1) is 11.7 Å². The monoisotopic (exact) mass is 866 g/mol. The Morgan fingerprint density at radius 2 is 1.72 bits per heavy atom. The second-order valence-corrected chi connectivity index (χ2v) is 18.2. The Kier molecular flexibility index (Phi) is 12.7. The molecule has 2 amide bonds. The molecule has 60 heavy (non-hydrogen) atoms. The van der Waals surface area contributed by atoms with E-state index in [-0.39, 0.29) is 31.1 Å². The van der Waals surface area contributed by atoms with Gasteiger partial charge in [0.25, 0.3) is 6.43 Å². The Morgan fingerprint density at radius 3 is 2.37 bits per heavy atom. The van der Waals surface area contributed by atoms with Gasteiger partial charge in [0.05, 0.1) is 22.1 Å². The zero-order chi connectivity index (χ0) is 43.0. The molecular weight excluding hydrogens is 819 g/mol. The number of piperidine rings is 2. The molecule has 13 nitrogen and oxygen atoms in total. The van der Waals surface area contributed by atoms with Gasteiger partial charge in [0.1, 0.15) is 17.2 Å². The maximum atomic E-state index is 15.2. The number of aliphatic hydroxyl groups is 1. The lowest BCUT2D eigenvalue weighted by atomic mass is 9.86. The predicted octanol–water partition coefficient (Wildman–Crippen LogP) is 5.85. The summed E-state index contributed by atoms with van der Waals surface area (Å²) in [5.74, 6) is -2.35. The van der Waals surface area contributed by atoms with E-state index >= 15 is 4.39 Å². The number of nitrogens with zero attached hydrogens (tertiary/aromatic N) is 5. The molecule has 20 heteroatoms. The number of β-amino-alcohol motifs (C(OH)–C–C–N with tert-alkyl or cyclic N) is 1. The minimum atomic E-state index is -4.83. The number of benzene rings is 2. The van der Waals surface area contributed by atoms with Gasteiger partial charge in [0.15, 0.2) is 0 Å². The molecule has 7 rings (SSSR count). The summed E-state index contributed by atoms with van der Waals surface area (Å²) < 4.78 is 115. The highest BCUT2D eigenvalue weighted by atomic mass is 32.2. The van der Waals surface area contributed by atoms with Crippen LogP contribution in [0.25, 0.3) is 0 Å². The number of halogens is 6. The van der Waals surface area contributed by atoms with E-state index in [2.05, 4.69) is 30.2 Å². The van der Waals surface area contributed by atoms with E-state index in [0.29, 0.717) is 81.6 Å². The van der Waals surface area contributed by atoms with Gasteiger partial charge in [-0.05, 0) is 93.7 Å². The van der Waals surface area contributed by atoms with E-state index in [0.717, 1.165) is 37.6 Å². The molecule has 2 aromatic carbocycles. The Morgan fingerprint density at radius 1 is 0.983 bits per heavy atom. The van der Waals surface area contributed by atoms with Crippen LogP contribution in [-0.4, -0.2) is 97.7 Å². The smallest absolute Gasteiger partial charge is 0.388 e. The van der Waals surface area contributed by atoms with Crippen LogP contribution in [0.1, 0.15) is 87.3 Å². The summed E-state index contributed by atoms with van der Waals surface area (Å²) in [7, 11) is -4.23. The van der Waals surface area contributed by atoms with E-state index in [1.165, 1.54) is 17.9 Å².